The Morgan fingerprint density at radius 3 is 2.40 bits per heavy atom. The molecule has 0 aliphatic carbocycles. The van der Waals surface area contributed by atoms with Crippen LogP contribution in [0.4, 0.5) is 0 Å². The lowest BCUT2D eigenvalue weighted by molar-refractivity contribution is -0.138. The summed E-state index contributed by atoms with van der Waals surface area (Å²) in [7, 11) is 0. The number of carbonyl (C=O) groups is 1. The van der Waals surface area contributed by atoms with Gasteiger partial charge in [0.25, 0.3) is 6.69 Å². The average molecular weight is 269 g/mol. The molecule has 0 radical (unpaired) electrons. The van der Waals surface area contributed by atoms with Gasteiger partial charge in [0.15, 0.2) is 0 Å². The number of rotatable bonds is 6. The molecule has 0 aliphatic rings. The summed E-state index contributed by atoms with van der Waals surface area (Å²) in [6, 6.07) is 0.747. The molecule has 0 fully saturated rings. The monoisotopic (exact) mass is 268 g/mol. The fourth-order valence-electron chi connectivity index (χ4n) is 0.885. The van der Waals surface area contributed by atoms with Crippen molar-refractivity contribution in [3.8, 4) is 0 Å². The first-order valence-electron chi connectivity index (χ1n) is 4.98. The van der Waals surface area contributed by atoms with Crippen LogP contribution in [0.2, 0.25) is 11.6 Å². The molecule has 2 nitrogen and oxygen atoms in total. The highest BCUT2D eigenvalue weighted by Gasteiger charge is 2.31. The first-order chi connectivity index (χ1) is 6.77. The number of carbonyl (C=O) groups excluding carboxylic acids is 1. The zero-order valence-electron chi connectivity index (χ0n) is 9.48. The van der Waals surface area contributed by atoms with Gasteiger partial charge in [-0.25, -0.2) is 4.79 Å². The molecule has 0 unspecified atom stereocenters. The van der Waals surface area contributed by atoms with E-state index >= 15 is 0 Å². The average Bonchev–Trinajstić information content (AvgIpc) is 2.11. The fourth-order valence-corrected chi connectivity index (χ4v) is 2.88. The molecule has 15 heavy (non-hydrogen) atoms. The van der Waals surface area contributed by atoms with E-state index in [1.54, 1.807) is 6.92 Å². The van der Waals surface area contributed by atoms with Crippen LogP contribution in [0.25, 0.3) is 0 Å². The van der Waals surface area contributed by atoms with E-state index in [2.05, 4.69) is 6.58 Å². The molecule has 0 saturated heterocycles. The number of ether oxygens (including phenoxy) is 1. The summed E-state index contributed by atoms with van der Waals surface area (Å²) < 4.78 is 4.95. The standard InChI is InChI=1S/C10H18Cl2O2Si/c1-8(2)10(13)14-6-5-7-15(11,12)9(3)4/h9H,1,5-7H2,2-4H3. The van der Waals surface area contributed by atoms with Gasteiger partial charge in [-0.1, -0.05) is 20.4 Å². The van der Waals surface area contributed by atoms with Crippen molar-refractivity contribution in [2.75, 3.05) is 6.61 Å². The summed E-state index contributed by atoms with van der Waals surface area (Å²) in [5.74, 6) is -0.351. The van der Waals surface area contributed by atoms with Gasteiger partial charge >= 0.3 is 5.97 Å². The highest BCUT2D eigenvalue weighted by atomic mass is 35.7. The van der Waals surface area contributed by atoms with Crippen LogP contribution in [0, 0.1) is 0 Å². The van der Waals surface area contributed by atoms with Crippen molar-refractivity contribution in [3.05, 3.63) is 12.2 Å². The Bertz CT molecular complexity index is 240. The van der Waals surface area contributed by atoms with Crippen molar-refractivity contribution in [1.82, 2.24) is 0 Å². The first-order valence-corrected chi connectivity index (χ1v) is 9.28. The van der Waals surface area contributed by atoms with E-state index in [9.17, 15) is 4.79 Å². The molecule has 0 spiro atoms. The second kappa shape index (κ2) is 6.56. The Hall–Kier alpha value is 0.00688. The van der Waals surface area contributed by atoms with Crippen LogP contribution in [0.5, 0.6) is 0 Å². The quantitative estimate of drug-likeness (QED) is 0.241. The van der Waals surface area contributed by atoms with Crippen LogP contribution in [0.15, 0.2) is 12.2 Å². The predicted octanol–water partition coefficient (Wildman–Crippen LogP) is 3.83. The molecular formula is C10H18Cl2O2Si. The maximum absolute atomic E-state index is 11.0. The van der Waals surface area contributed by atoms with Crippen LogP contribution < -0.4 is 0 Å². The van der Waals surface area contributed by atoms with Gasteiger partial charge in [-0.15, -0.1) is 22.2 Å². The van der Waals surface area contributed by atoms with E-state index in [1.165, 1.54) is 0 Å². The molecule has 5 heteroatoms. The van der Waals surface area contributed by atoms with E-state index in [0.29, 0.717) is 17.7 Å². The fraction of sp³-hybridized carbons (Fsp3) is 0.700. The number of esters is 1. The normalized spacial score (nSPS) is 11.6. The minimum atomic E-state index is -2.15. The minimum Gasteiger partial charge on any atom is -0.462 e. The zero-order valence-corrected chi connectivity index (χ0v) is 12.0. The summed E-state index contributed by atoms with van der Waals surface area (Å²) in [5, 5.41) is 0. The molecule has 0 rings (SSSR count). The van der Waals surface area contributed by atoms with Gasteiger partial charge in [-0.2, -0.15) is 0 Å². The summed E-state index contributed by atoms with van der Waals surface area (Å²) in [6.07, 6.45) is 0.719. The molecule has 88 valence electrons. The molecular weight excluding hydrogens is 251 g/mol. The lowest BCUT2D eigenvalue weighted by Gasteiger charge is -2.20. The highest BCUT2D eigenvalue weighted by Crippen LogP contribution is 2.34. The van der Waals surface area contributed by atoms with Gasteiger partial charge in [0, 0.05) is 5.57 Å². The van der Waals surface area contributed by atoms with Crippen LogP contribution in [0.3, 0.4) is 0 Å². The highest BCUT2D eigenvalue weighted by molar-refractivity contribution is 7.45. The van der Waals surface area contributed by atoms with E-state index in [4.69, 9.17) is 26.9 Å². The van der Waals surface area contributed by atoms with Gasteiger partial charge in [0.1, 0.15) is 0 Å². The second-order valence-electron chi connectivity index (χ2n) is 3.94. The van der Waals surface area contributed by atoms with Gasteiger partial charge in [-0.05, 0) is 24.9 Å². The van der Waals surface area contributed by atoms with Crippen molar-refractivity contribution in [2.24, 2.45) is 0 Å². The molecule has 0 bridgehead atoms. The number of halogens is 2. The summed E-state index contributed by atoms with van der Waals surface area (Å²) >= 11 is 12.4. The maximum atomic E-state index is 11.0. The van der Waals surface area contributed by atoms with Gasteiger partial charge < -0.3 is 4.74 Å². The summed E-state index contributed by atoms with van der Waals surface area (Å²) in [5.41, 5.74) is 0.733. The van der Waals surface area contributed by atoms with Crippen LogP contribution in [0.1, 0.15) is 27.2 Å². The third kappa shape index (κ3) is 6.23. The third-order valence-corrected chi connectivity index (χ3v) is 8.54. The number of hydrogen-bond donors (Lipinski definition) is 0. The van der Waals surface area contributed by atoms with Crippen LogP contribution >= 0.6 is 22.2 Å². The van der Waals surface area contributed by atoms with E-state index in [-0.39, 0.29) is 5.97 Å². The molecule has 0 aromatic rings. The molecule has 0 saturated carbocycles. The van der Waals surface area contributed by atoms with Crippen molar-refractivity contribution in [1.29, 1.82) is 0 Å². The lowest BCUT2D eigenvalue weighted by atomic mass is 10.4. The SMILES string of the molecule is C=C(C)C(=O)OCCC[Si](Cl)(Cl)C(C)C. The summed E-state index contributed by atoms with van der Waals surface area (Å²) in [6.45, 7) is 7.37. The first kappa shape index (κ1) is 15.0. The van der Waals surface area contributed by atoms with Crippen molar-refractivity contribution >= 4 is 34.8 Å². The Kier molecular flexibility index (Phi) is 6.56. The van der Waals surface area contributed by atoms with Gasteiger partial charge in [0.05, 0.1) is 6.61 Å². The Balaban J connectivity index is 3.72. The van der Waals surface area contributed by atoms with E-state index < -0.39 is 6.69 Å². The second-order valence-corrected chi connectivity index (χ2v) is 11.7. The van der Waals surface area contributed by atoms with Crippen molar-refractivity contribution in [3.63, 3.8) is 0 Å². The van der Waals surface area contributed by atoms with Gasteiger partial charge in [-0.3, -0.25) is 0 Å². The minimum absolute atomic E-state index is 0.317. The molecule has 0 aromatic heterocycles. The summed E-state index contributed by atoms with van der Waals surface area (Å²) in [4.78, 5) is 11.0. The van der Waals surface area contributed by atoms with Gasteiger partial charge in [0.2, 0.25) is 0 Å². The molecule has 0 heterocycles. The number of hydrogen-bond acceptors (Lipinski definition) is 2. The molecule has 0 aliphatic heterocycles. The van der Waals surface area contributed by atoms with Crippen LogP contribution in [-0.2, 0) is 9.53 Å². The maximum Gasteiger partial charge on any atom is 0.333 e. The Morgan fingerprint density at radius 2 is 2.00 bits per heavy atom. The van der Waals surface area contributed by atoms with Crippen LogP contribution in [-0.4, -0.2) is 19.3 Å². The van der Waals surface area contributed by atoms with E-state index in [1.807, 2.05) is 13.8 Å². The van der Waals surface area contributed by atoms with Crippen molar-refractivity contribution < 1.29 is 9.53 Å². The van der Waals surface area contributed by atoms with Crippen molar-refractivity contribution in [2.45, 2.75) is 38.8 Å². The third-order valence-electron chi connectivity index (χ3n) is 2.08. The lowest BCUT2D eigenvalue weighted by Crippen LogP contribution is -2.23. The molecule has 0 atom stereocenters. The Morgan fingerprint density at radius 1 is 1.47 bits per heavy atom. The Labute approximate surface area is 102 Å². The molecule has 0 N–H and O–H groups in total. The topological polar surface area (TPSA) is 26.3 Å². The smallest absolute Gasteiger partial charge is 0.333 e. The van der Waals surface area contributed by atoms with E-state index in [0.717, 1.165) is 12.5 Å². The predicted molar refractivity (Wildman–Crippen MR) is 67.8 cm³/mol. The largest absolute Gasteiger partial charge is 0.462 e. The molecule has 0 aromatic carbocycles. The zero-order chi connectivity index (χ0) is 12.1. The molecule has 0 amide bonds.